The molecule has 0 fully saturated rings. The van der Waals surface area contributed by atoms with E-state index in [2.05, 4.69) is 5.16 Å². The van der Waals surface area contributed by atoms with Gasteiger partial charge < -0.3 is 15.5 Å². The Balaban J connectivity index is 2.38. The first-order chi connectivity index (χ1) is 8.66. The Morgan fingerprint density at radius 2 is 1.83 bits per heavy atom. The number of hydrogen-bond donors (Lipinski definition) is 2. The normalized spacial score (nSPS) is 15.3. The van der Waals surface area contributed by atoms with Gasteiger partial charge in [-0.25, -0.2) is 0 Å². The molecule has 4 heteroatoms. The highest BCUT2D eigenvalue weighted by molar-refractivity contribution is 5.87. The lowest BCUT2D eigenvalue weighted by atomic mass is 9.91. The minimum atomic E-state index is -0.570. The molecule has 0 saturated heterocycles. The predicted octanol–water partition coefficient (Wildman–Crippen LogP) is 2.19. The van der Waals surface area contributed by atoms with E-state index in [0.29, 0.717) is 6.42 Å². The molecule has 3 N–H and O–H groups in total. The van der Waals surface area contributed by atoms with Crippen LogP contribution in [0.25, 0.3) is 0 Å². The van der Waals surface area contributed by atoms with Gasteiger partial charge >= 0.3 is 0 Å². The number of nitrogens with two attached hydrogens (primary N) is 1. The summed E-state index contributed by atoms with van der Waals surface area (Å²) in [7, 11) is 0. The molecule has 2 aromatic rings. The molecule has 0 aliphatic rings. The summed E-state index contributed by atoms with van der Waals surface area (Å²) in [6.45, 7) is 1.95. The van der Waals surface area contributed by atoms with Crippen molar-refractivity contribution < 1.29 is 5.21 Å². The molecule has 1 aromatic carbocycles. The number of oxime groups is 1. The quantitative estimate of drug-likeness (QED) is 0.374. The molecular formula is C14H17N3O. The van der Waals surface area contributed by atoms with E-state index >= 15 is 0 Å². The molecule has 0 spiro atoms. The molecule has 1 atom stereocenters. The van der Waals surface area contributed by atoms with Crippen molar-refractivity contribution in [2.24, 2.45) is 10.9 Å². The van der Waals surface area contributed by atoms with E-state index in [1.54, 1.807) is 0 Å². The monoisotopic (exact) mass is 243 g/mol. The van der Waals surface area contributed by atoms with E-state index in [1.807, 2.05) is 66.3 Å². The molecule has 18 heavy (non-hydrogen) atoms. The fraction of sp³-hybridized carbons (Fsp3) is 0.214. The number of hydrogen-bond acceptors (Lipinski definition) is 2. The van der Waals surface area contributed by atoms with Gasteiger partial charge in [0.15, 0.2) is 5.84 Å². The Morgan fingerprint density at radius 1 is 1.22 bits per heavy atom. The summed E-state index contributed by atoms with van der Waals surface area (Å²) >= 11 is 0. The van der Waals surface area contributed by atoms with Gasteiger partial charge in [0.25, 0.3) is 0 Å². The van der Waals surface area contributed by atoms with E-state index in [1.165, 1.54) is 0 Å². The lowest BCUT2D eigenvalue weighted by molar-refractivity contribution is 0.303. The topological polar surface area (TPSA) is 63.5 Å². The molecule has 1 unspecified atom stereocenters. The predicted molar refractivity (Wildman–Crippen MR) is 71.6 cm³/mol. The van der Waals surface area contributed by atoms with Gasteiger partial charge in [-0.1, -0.05) is 35.5 Å². The smallest absolute Gasteiger partial charge is 0.165 e. The number of aromatic nitrogens is 1. The molecule has 94 valence electrons. The third kappa shape index (κ3) is 2.22. The Labute approximate surface area is 106 Å². The summed E-state index contributed by atoms with van der Waals surface area (Å²) in [6.07, 6.45) is 4.50. The molecule has 1 aromatic heterocycles. The van der Waals surface area contributed by atoms with Gasteiger partial charge in [0, 0.05) is 18.8 Å². The first-order valence-electron chi connectivity index (χ1n) is 5.82. The number of benzene rings is 1. The second-order valence-electron chi connectivity index (χ2n) is 4.51. The second-order valence-corrected chi connectivity index (χ2v) is 4.51. The molecule has 0 amide bonds. The third-order valence-corrected chi connectivity index (χ3v) is 3.23. The molecule has 1 heterocycles. The number of amidine groups is 1. The van der Waals surface area contributed by atoms with E-state index in [9.17, 15) is 0 Å². The third-order valence-electron chi connectivity index (χ3n) is 3.23. The van der Waals surface area contributed by atoms with Crippen LogP contribution in [0.5, 0.6) is 0 Å². The number of nitrogens with zero attached hydrogens (tertiary/aromatic N) is 2. The lowest BCUT2D eigenvalue weighted by Gasteiger charge is -2.30. The van der Waals surface area contributed by atoms with Gasteiger partial charge in [0.2, 0.25) is 0 Å². The molecule has 0 aliphatic heterocycles. The van der Waals surface area contributed by atoms with Crippen LogP contribution in [-0.2, 0) is 12.0 Å². The summed E-state index contributed by atoms with van der Waals surface area (Å²) in [6, 6.07) is 13.9. The molecule has 0 aliphatic carbocycles. The average molecular weight is 243 g/mol. The van der Waals surface area contributed by atoms with Gasteiger partial charge in [-0.15, -0.1) is 0 Å². The van der Waals surface area contributed by atoms with E-state index < -0.39 is 5.54 Å². The lowest BCUT2D eigenvalue weighted by Crippen LogP contribution is -2.45. The Kier molecular flexibility index (Phi) is 3.37. The van der Waals surface area contributed by atoms with Gasteiger partial charge in [0.1, 0.15) is 5.54 Å². The van der Waals surface area contributed by atoms with Crippen molar-refractivity contribution in [3.63, 3.8) is 0 Å². The molecule has 4 nitrogen and oxygen atoms in total. The van der Waals surface area contributed by atoms with E-state index in [-0.39, 0.29) is 5.84 Å². The van der Waals surface area contributed by atoms with Crippen LogP contribution in [0.15, 0.2) is 60.0 Å². The van der Waals surface area contributed by atoms with E-state index in [4.69, 9.17) is 10.9 Å². The number of rotatable bonds is 4. The summed E-state index contributed by atoms with van der Waals surface area (Å²) in [5.41, 5.74) is 6.44. The SMILES string of the molecule is CC(Cc1ccccc1)(/C(N)=N/O)n1cccc1. The fourth-order valence-electron chi connectivity index (χ4n) is 2.08. The summed E-state index contributed by atoms with van der Waals surface area (Å²) in [5, 5.41) is 12.2. The van der Waals surface area contributed by atoms with Crippen LogP contribution in [-0.4, -0.2) is 15.6 Å². The summed E-state index contributed by atoms with van der Waals surface area (Å²) in [4.78, 5) is 0. The molecule has 0 saturated carbocycles. The van der Waals surface area contributed by atoms with Crippen molar-refractivity contribution in [3.05, 3.63) is 60.4 Å². The maximum atomic E-state index is 9.00. The van der Waals surface area contributed by atoms with Crippen molar-refractivity contribution in [2.45, 2.75) is 18.9 Å². The summed E-state index contributed by atoms with van der Waals surface area (Å²) < 4.78 is 1.95. The standard InChI is InChI=1S/C14H17N3O/c1-14(13(15)16-18,17-9-5-6-10-17)11-12-7-3-2-4-8-12/h2-10,18H,11H2,1H3,(H2,15,16). The van der Waals surface area contributed by atoms with Gasteiger partial charge in [0.05, 0.1) is 0 Å². The van der Waals surface area contributed by atoms with Crippen LogP contribution in [0, 0.1) is 0 Å². The van der Waals surface area contributed by atoms with Crippen molar-refractivity contribution in [1.82, 2.24) is 4.57 Å². The van der Waals surface area contributed by atoms with Crippen molar-refractivity contribution in [1.29, 1.82) is 0 Å². The molecule has 2 rings (SSSR count). The minimum absolute atomic E-state index is 0.197. The first kappa shape index (κ1) is 12.2. The van der Waals surface area contributed by atoms with Gasteiger partial charge in [-0.05, 0) is 24.6 Å². The molecule has 0 bridgehead atoms. The van der Waals surface area contributed by atoms with Gasteiger partial charge in [-0.2, -0.15) is 0 Å². The Morgan fingerprint density at radius 3 is 2.39 bits per heavy atom. The zero-order valence-corrected chi connectivity index (χ0v) is 10.3. The van der Waals surface area contributed by atoms with Crippen LogP contribution >= 0.6 is 0 Å². The Bertz CT molecular complexity index is 519. The minimum Gasteiger partial charge on any atom is -0.409 e. The van der Waals surface area contributed by atoms with Crippen molar-refractivity contribution >= 4 is 5.84 Å². The van der Waals surface area contributed by atoms with Crippen LogP contribution in [0.3, 0.4) is 0 Å². The highest BCUT2D eigenvalue weighted by atomic mass is 16.4. The largest absolute Gasteiger partial charge is 0.409 e. The average Bonchev–Trinajstić information content (AvgIpc) is 2.93. The second kappa shape index (κ2) is 4.96. The molecular weight excluding hydrogens is 226 g/mol. The summed E-state index contributed by atoms with van der Waals surface area (Å²) in [5.74, 6) is 0.197. The zero-order valence-electron chi connectivity index (χ0n) is 10.3. The van der Waals surface area contributed by atoms with Crippen molar-refractivity contribution in [3.8, 4) is 0 Å². The van der Waals surface area contributed by atoms with Gasteiger partial charge in [-0.3, -0.25) is 0 Å². The maximum absolute atomic E-state index is 9.00. The van der Waals surface area contributed by atoms with Crippen LogP contribution in [0.2, 0.25) is 0 Å². The highest BCUT2D eigenvalue weighted by Crippen LogP contribution is 2.22. The first-order valence-corrected chi connectivity index (χ1v) is 5.82. The van der Waals surface area contributed by atoms with E-state index in [0.717, 1.165) is 5.56 Å². The Hall–Kier alpha value is -2.23. The van der Waals surface area contributed by atoms with Crippen LogP contribution < -0.4 is 5.73 Å². The fourth-order valence-corrected chi connectivity index (χ4v) is 2.08. The van der Waals surface area contributed by atoms with Crippen LogP contribution in [0.4, 0.5) is 0 Å². The highest BCUT2D eigenvalue weighted by Gasteiger charge is 2.31. The maximum Gasteiger partial charge on any atom is 0.165 e. The van der Waals surface area contributed by atoms with Crippen molar-refractivity contribution in [2.75, 3.05) is 0 Å². The zero-order chi connectivity index (χ0) is 13.0. The van der Waals surface area contributed by atoms with Crippen LogP contribution in [0.1, 0.15) is 12.5 Å². The molecule has 0 radical (unpaired) electrons.